The highest BCUT2D eigenvalue weighted by atomic mass is 32.1. The van der Waals surface area contributed by atoms with Gasteiger partial charge < -0.3 is 5.32 Å². The lowest BCUT2D eigenvalue weighted by Gasteiger charge is -2.04. The first-order valence-electron chi connectivity index (χ1n) is 6.00. The summed E-state index contributed by atoms with van der Waals surface area (Å²) in [5.41, 5.74) is 2.93. The first-order valence-corrected chi connectivity index (χ1v) is 6.81. The minimum absolute atomic E-state index is 0.220. The smallest absolute Gasteiger partial charge is 0.149 e. The molecule has 2 aromatic rings. The maximum Gasteiger partial charge on any atom is 0.149 e. The van der Waals surface area contributed by atoms with Crippen molar-refractivity contribution in [2.45, 2.75) is 33.2 Å². The second-order valence-electron chi connectivity index (χ2n) is 4.16. The Bertz CT molecular complexity index is 537. The van der Waals surface area contributed by atoms with E-state index in [1.165, 1.54) is 0 Å². The quantitative estimate of drug-likeness (QED) is 0.915. The van der Waals surface area contributed by atoms with Gasteiger partial charge in [-0.05, 0) is 33.4 Å². The van der Waals surface area contributed by atoms with Gasteiger partial charge >= 0.3 is 0 Å². The molecule has 0 aliphatic carbocycles. The van der Waals surface area contributed by atoms with E-state index < -0.39 is 0 Å². The van der Waals surface area contributed by atoms with Crippen LogP contribution in [0.5, 0.6) is 0 Å². The normalized spacial score (nSPS) is 12.7. The molecule has 0 fully saturated rings. The van der Waals surface area contributed by atoms with Crippen LogP contribution >= 0.6 is 11.3 Å². The van der Waals surface area contributed by atoms with Crippen LogP contribution in [0.4, 0.5) is 0 Å². The molecule has 0 bridgehead atoms. The van der Waals surface area contributed by atoms with Gasteiger partial charge in [-0.15, -0.1) is 10.2 Å². The summed E-state index contributed by atoms with van der Waals surface area (Å²) in [4.78, 5) is 0. The summed E-state index contributed by atoms with van der Waals surface area (Å²) in [5, 5.41) is 21.9. The van der Waals surface area contributed by atoms with Crippen LogP contribution in [0.1, 0.15) is 36.3 Å². The monoisotopic (exact) mass is 263 g/mol. The average Bonchev–Trinajstić information content (AvgIpc) is 2.87. The molecule has 5 nitrogen and oxygen atoms in total. The fraction of sp³-hybridized carbons (Fsp3) is 0.500. The lowest BCUT2D eigenvalue weighted by Crippen LogP contribution is -2.11. The molecule has 2 aromatic heterocycles. The number of hydrogen-bond acceptors (Lipinski definition) is 6. The molecule has 18 heavy (non-hydrogen) atoms. The van der Waals surface area contributed by atoms with Crippen LogP contribution in [0.15, 0.2) is 6.07 Å². The Morgan fingerprint density at radius 1 is 1.28 bits per heavy atom. The summed E-state index contributed by atoms with van der Waals surface area (Å²) in [6.07, 6.45) is 0.846. The summed E-state index contributed by atoms with van der Waals surface area (Å²) in [6.45, 7) is 6.08. The Morgan fingerprint density at radius 2 is 2.06 bits per heavy atom. The molecule has 0 aromatic carbocycles. The molecule has 6 heteroatoms. The van der Waals surface area contributed by atoms with Crippen LogP contribution in [0.2, 0.25) is 0 Å². The highest BCUT2D eigenvalue weighted by molar-refractivity contribution is 7.14. The van der Waals surface area contributed by atoms with Crippen molar-refractivity contribution in [1.29, 1.82) is 0 Å². The van der Waals surface area contributed by atoms with Crippen molar-refractivity contribution >= 4 is 11.3 Å². The summed E-state index contributed by atoms with van der Waals surface area (Å²) in [6, 6.07) is 2.25. The molecule has 0 saturated carbocycles. The van der Waals surface area contributed by atoms with Crippen molar-refractivity contribution in [1.82, 2.24) is 25.7 Å². The van der Waals surface area contributed by atoms with E-state index in [0.717, 1.165) is 33.4 Å². The lowest BCUT2D eigenvalue weighted by molar-refractivity contribution is 0.640. The summed E-state index contributed by atoms with van der Waals surface area (Å²) < 4.78 is 0. The number of nitrogens with zero attached hydrogens (tertiary/aromatic N) is 4. The maximum atomic E-state index is 4.27. The van der Waals surface area contributed by atoms with E-state index in [0.29, 0.717) is 0 Å². The van der Waals surface area contributed by atoms with Crippen molar-refractivity contribution in [3.05, 3.63) is 22.5 Å². The fourth-order valence-electron chi connectivity index (χ4n) is 1.60. The first-order chi connectivity index (χ1) is 8.65. The summed E-state index contributed by atoms with van der Waals surface area (Å²) in [5.74, 6) is 0. The van der Waals surface area contributed by atoms with Crippen molar-refractivity contribution in [3.63, 3.8) is 0 Å². The van der Waals surface area contributed by atoms with Gasteiger partial charge in [0.15, 0.2) is 0 Å². The SMILES string of the molecule is CCc1nnc(C)cc1-c1nnc(C(C)NC)s1. The molecule has 2 rings (SSSR count). The number of rotatable bonds is 4. The fourth-order valence-corrected chi connectivity index (χ4v) is 2.55. The topological polar surface area (TPSA) is 63.6 Å². The van der Waals surface area contributed by atoms with Crippen LogP contribution in [-0.4, -0.2) is 27.4 Å². The molecule has 96 valence electrons. The van der Waals surface area contributed by atoms with Gasteiger partial charge in [-0.2, -0.15) is 10.2 Å². The lowest BCUT2D eigenvalue weighted by atomic mass is 10.1. The van der Waals surface area contributed by atoms with E-state index in [-0.39, 0.29) is 6.04 Å². The molecule has 1 N–H and O–H groups in total. The van der Waals surface area contributed by atoms with Crippen LogP contribution in [0.3, 0.4) is 0 Å². The predicted octanol–water partition coefficient (Wildman–Crippen LogP) is 2.15. The van der Waals surface area contributed by atoms with Crippen molar-refractivity contribution in [2.75, 3.05) is 7.05 Å². The molecule has 0 saturated heterocycles. The molecular formula is C12H17N5S. The zero-order valence-corrected chi connectivity index (χ0v) is 11.9. The van der Waals surface area contributed by atoms with Crippen molar-refractivity contribution in [2.24, 2.45) is 0 Å². The Hall–Kier alpha value is -1.40. The zero-order chi connectivity index (χ0) is 13.1. The molecule has 2 heterocycles. The molecule has 0 radical (unpaired) electrons. The van der Waals surface area contributed by atoms with Gasteiger partial charge in [0.25, 0.3) is 0 Å². The van der Waals surface area contributed by atoms with Gasteiger partial charge in [-0.3, -0.25) is 0 Å². The van der Waals surface area contributed by atoms with Crippen LogP contribution < -0.4 is 5.32 Å². The van der Waals surface area contributed by atoms with Crippen molar-refractivity contribution in [3.8, 4) is 10.6 Å². The minimum Gasteiger partial charge on any atom is -0.311 e. The third kappa shape index (κ3) is 2.54. The number of aromatic nitrogens is 4. The number of nitrogens with one attached hydrogen (secondary N) is 1. The van der Waals surface area contributed by atoms with Gasteiger partial charge in [0, 0.05) is 5.56 Å². The largest absolute Gasteiger partial charge is 0.311 e. The van der Waals surface area contributed by atoms with E-state index >= 15 is 0 Å². The Labute approximate surface area is 111 Å². The first kappa shape index (κ1) is 13.0. The Morgan fingerprint density at radius 3 is 2.72 bits per heavy atom. The van der Waals surface area contributed by atoms with Gasteiger partial charge in [-0.25, -0.2) is 0 Å². The number of hydrogen-bond donors (Lipinski definition) is 1. The maximum absolute atomic E-state index is 4.27. The molecule has 0 spiro atoms. The van der Waals surface area contributed by atoms with E-state index in [4.69, 9.17) is 0 Å². The molecule has 0 amide bonds. The molecule has 0 aliphatic rings. The second-order valence-corrected chi connectivity index (χ2v) is 5.16. The second kappa shape index (κ2) is 5.49. The standard InChI is InChI=1S/C12H17N5S/c1-5-10-9(6-7(2)14-15-10)12-17-16-11(18-12)8(3)13-4/h6,8,13H,5H2,1-4H3. The van der Waals surface area contributed by atoms with E-state index in [2.05, 4.69) is 39.6 Å². The van der Waals surface area contributed by atoms with Gasteiger partial charge in [0.1, 0.15) is 10.0 Å². The molecule has 0 aliphatic heterocycles. The minimum atomic E-state index is 0.220. The van der Waals surface area contributed by atoms with Gasteiger partial charge in [0.05, 0.1) is 17.4 Å². The van der Waals surface area contributed by atoms with Crippen LogP contribution in [-0.2, 0) is 6.42 Å². The third-order valence-electron chi connectivity index (χ3n) is 2.80. The predicted molar refractivity (Wildman–Crippen MR) is 72.5 cm³/mol. The van der Waals surface area contributed by atoms with E-state index in [1.54, 1.807) is 11.3 Å². The van der Waals surface area contributed by atoms with E-state index in [9.17, 15) is 0 Å². The van der Waals surface area contributed by atoms with E-state index in [1.807, 2.05) is 20.0 Å². The highest BCUT2D eigenvalue weighted by Gasteiger charge is 2.14. The average molecular weight is 263 g/mol. The number of aryl methyl sites for hydroxylation is 2. The summed E-state index contributed by atoms with van der Waals surface area (Å²) >= 11 is 1.60. The van der Waals surface area contributed by atoms with Crippen LogP contribution in [0, 0.1) is 6.92 Å². The van der Waals surface area contributed by atoms with Crippen LogP contribution in [0.25, 0.3) is 10.6 Å². The highest BCUT2D eigenvalue weighted by Crippen LogP contribution is 2.28. The third-order valence-corrected chi connectivity index (χ3v) is 3.94. The van der Waals surface area contributed by atoms with Gasteiger partial charge in [0.2, 0.25) is 0 Å². The Kier molecular flexibility index (Phi) is 3.98. The van der Waals surface area contributed by atoms with Crippen molar-refractivity contribution < 1.29 is 0 Å². The molecular weight excluding hydrogens is 246 g/mol. The van der Waals surface area contributed by atoms with Gasteiger partial charge in [-0.1, -0.05) is 18.3 Å². The molecule has 1 atom stereocenters. The summed E-state index contributed by atoms with van der Waals surface area (Å²) in [7, 11) is 1.92. The molecule has 1 unspecified atom stereocenters. The Balaban J connectivity index is 2.42. The zero-order valence-electron chi connectivity index (χ0n) is 11.1.